The molecule has 35 heavy (non-hydrogen) atoms. The van der Waals surface area contributed by atoms with Gasteiger partial charge in [0.2, 0.25) is 21.8 Å². The van der Waals surface area contributed by atoms with Crippen LogP contribution in [0.15, 0.2) is 42.5 Å². The first kappa shape index (κ1) is 28.7. The zero-order valence-corrected chi connectivity index (χ0v) is 22.6. The lowest BCUT2D eigenvalue weighted by Crippen LogP contribution is -2.51. The molecular weight excluding hydrogens is 513 g/mol. The number of anilines is 1. The monoisotopic (exact) mass is 543 g/mol. The highest BCUT2D eigenvalue weighted by Crippen LogP contribution is 2.30. The van der Waals surface area contributed by atoms with Gasteiger partial charge < -0.3 is 15.0 Å². The lowest BCUT2D eigenvalue weighted by atomic mass is 10.1. The summed E-state index contributed by atoms with van der Waals surface area (Å²) in [5, 5.41) is 3.52. The maximum Gasteiger partial charge on any atom is 0.244 e. The molecule has 0 aliphatic heterocycles. The Morgan fingerprint density at radius 2 is 1.86 bits per heavy atom. The molecule has 1 N–H and O–H groups in total. The van der Waals surface area contributed by atoms with Gasteiger partial charge in [-0.15, -0.1) is 0 Å². The summed E-state index contributed by atoms with van der Waals surface area (Å²) >= 11 is 12.3. The normalized spacial score (nSPS) is 12.1. The Labute approximate surface area is 217 Å². The summed E-state index contributed by atoms with van der Waals surface area (Å²) in [5.74, 6) is -0.511. The van der Waals surface area contributed by atoms with Crippen molar-refractivity contribution in [1.29, 1.82) is 0 Å². The molecule has 0 saturated heterocycles. The molecule has 0 spiro atoms. The molecule has 1 atom stereocenters. The highest BCUT2D eigenvalue weighted by Gasteiger charge is 2.30. The predicted molar refractivity (Wildman–Crippen MR) is 140 cm³/mol. The van der Waals surface area contributed by atoms with Gasteiger partial charge in [0.05, 0.1) is 24.1 Å². The second-order valence-electron chi connectivity index (χ2n) is 8.06. The van der Waals surface area contributed by atoms with Crippen molar-refractivity contribution < 1.29 is 22.7 Å². The van der Waals surface area contributed by atoms with E-state index in [1.54, 1.807) is 31.2 Å². The first-order valence-electron chi connectivity index (χ1n) is 11.1. The van der Waals surface area contributed by atoms with Crippen LogP contribution in [0, 0.1) is 0 Å². The summed E-state index contributed by atoms with van der Waals surface area (Å²) < 4.78 is 31.3. The third-order valence-electron chi connectivity index (χ3n) is 5.34. The highest BCUT2D eigenvalue weighted by molar-refractivity contribution is 7.92. The number of benzene rings is 2. The highest BCUT2D eigenvalue weighted by atomic mass is 35.5. The van der Waals surface area contributed by atoms with E-state index in [2.05, 4.69) is 5.32 Å². The van der Waals surface area contributed by atoms with Gasteiger partial charge in [0, 0.05) is 18.1 Å². The van der Waals surface area contributed by atoms with Crippen molar-refractivity contribution in [2.24, 2.45) is 0 Å². The van der Waals surface area contributed by atoms with Crippen molar-refractivity contribution in [3.8, 4) is 5.75 Å². The average molecular weight is 545 g/mol. The smallest absolute Gasteiger partial charge is 0.244 e. The molecule has 0 unspecified atom stereocenters. The lowest BCUT2D eigenvalue weighted by molar-refractivity contribution is -0.139. The fourth-order valence-corrected chi connectivity index (χ4v) is 4.68. The first-order chi connectivity index (χ1) is 16.5. The fourth-order valence-electron chi connectivity index (χ4n) is 3.37. The number of carbonyl (C=O) groups is 2. The van der Waals surface area contributed by atoms with Crippen LogP contribution < -0.4 is 14.4 Å². The Morgan fingerprint density at radius 3 is 2.43 bits per heavy atom. The van der Waals surface area contributed by atoms with Crippen LogP contribution in [0.3, 0.4) is 0 Å². The van der Waals surface area contributed by atoms with Crippen molar-refractivity contribution >= 4 is 50.7 Å². The molecule has 0 radical (unpaired) electrons. The SMILES string of the molecule is CCCCNC(=O)[C@H](C)N(Cc1cccc(Cl)c1)C(=O)CN(c1ccc(OC)c(Cl)c1)S(C)(=O)=O. The quantitative estimate of drug-likeness (QED) is 0.406. The summed E-state index contributed by atoms with van der Waals surface area (Å²) in [6, 6.07) is 10.5. The van der Waals surface area contributed by atoms with Gasteiger partial charge in [-0.05, 0) is 49.2 Å². The molecular formula is C24H31Cl2N3O5S. The Balaban J connectivity index is 2.38. The number of unbranched alkanes of at least 4 members (excludes halogenated alkanes) is 1. The van der Waals surface area contributed by atoms with Crippen LogP contribution in [0.1, 0.15) is 32.3 Å². The molecule has 11 heteroatoms. The number of rotatable bonds is 12. The number of amides is 2. The van der Waals surface area contributed by atoms with Crippen LogP contribution >= 0.6 is 23.2 Å². The molecule has 2 amide bonds. The number of methoxy groups -OCH3 is 1. The molecule has 0 aliphatic carbocycles. The Hall–Kier alpha value is -2.49. The van der Waals surface area contributed by atoms with E-state index in [0.717, 1.165) is 23.4 Å². The van der Waals surface area contributed by atoms with Crippen molar-refractivity contribution in [2.45, 2.75) is 39.3 Å². The number of nitrogens with zero attached hydrogens (tertiary/aromatic N) is 2. The lowest BCUT2D eigenvalue weighted by Gasteiger charge is -2.31. The zero-order valence-electron chi connectivity index (χ0n) is 20.3. The Morgan fingerprint density at radius 1 is 1.14 bits per heavy atom. The number of ether oxygens (including phenoxy) is 1. The van der Waals surface area contributed by atoms with E-state index in [0.29, 0.717) is 22.9 Å². The molecule has 0 fully saturated rings. The number of hydrogen-bond acceptors (Lipinski definition) is 5. The number of hydrogen-bond donors (Lipinski definition) is 1. The van der Waals surface area contributed by atoms with Crippen molar-refractivity contribution in [3.63, 3.8) is 0 Å². The molecule has 2 rings (SSSR count). The first-order valence-corrected chi connectivity index (χ1v) is 13.7. The standard InChI is InChI=1S/C24H31Cl2N3O5S/c1-5-6-12-27-24(31)17(2)28(15-18-8-7-9-19(25)13-18)23(30)16-29(35(4,32)33)20-10-11-22(34-3)21(26)14-20/h7-11,13-14,17H,5-6,12,15-16H2,1-4H3,(H,27,31)/t17-/m0/s1. The molecule has 8 nitrogen and oxygen atoms in total. The van der Waals surface area contributed by atoms with E-state index < -0.39 is 28.5 Å². The van der Waals surface area contributed by atoms with Crippen LogP contribution in [-0.4, -0.2) is 57.6 Å². The molecule has 0 heterocycles. The van der Waals surface area contributed by atoms with Gasteiger partial charge in [-0.25, -0.2) is 8.42 Å². The summed E-state index contributed by atoms with van der Waals surface area (Å²) in [7, 11) is -2.42. The van der Waals surface area contributed by atoms with Crippen LogP contribution in [0.5, 0.6) is 5.75 Å². The third kappa shape index (κ3) is 8.30. The topological polar surface area (TPSA) is 96.0 Å². The summed E-state index contributed by atoms with van der Waals surface area (Å²) in [5.41, 5.74) is 0.909. The Kier molecular flexibility index (Phi) is 10.7. The molecule has 2 aromatic carbocycles. The van der Waals surface area contributed by atoms with Crippen molar-refractivity contribution in [1.82, 2.24) is 10.2 Å². The molecule has 0 aromatic heterocycles. The van der Waals surface area contributed by atoms with Gasteiger partial charge in [0.1, 0.15) is 18.3 Å². The number of halogens is 2. The van der Waals surface area contributed by atoms with Crippen molar-refractivity contribution in [3.05, 3.63) is 58.1 Å². The van der Waals surface area contributed by atoms with E-state index in [1.165, 1.54) is 30.2 Å². The maximum absolute atomic E-state index is 13.5. The zero-order chi connectivity index (χ0) is 26.2. The van der Waals surface area contributed by atoms with E-state index in [1.807, 2.05) is 6.92 Å². The van der Waals surface area contributed by atoms with Crippen LogP contribution in [-0.2, 0) is 26.2 Å². The molecule has 0 aliphatic rings. The number of nitrogens with one attached hydrogen (secondary N) is 1. The minimum atomic E-state index is -3.86. The van der Waals surface area contributed by atoms with E-state index in [4.69, 9.17) is 27.9 Å². The maximum atomic E-state index is 13.5. The summed E-state index contributed by atoms with van der Waals surface area (Å²) in [4.78, 5) is 27.6. The summed E-state index contributed by atoms with van der Waals surface area (Å²) in [6.07, 6.45) is 2.72. The van der Waals surface area contributed by atoms with Gasteiger partial charge in [0.25, 0.3) is 0 Å². The Bertz CT molecular complexity index is 1140. The van der Waals surface area contributed by atoms with Gasteiger partial charge >= 0.3 is 0 Å². The largest absolute Gasteiger partial charge is 0.495 e. The van der Waals surface area contributed by atoms with Gasteiger partial charge in [-0.3, -0.25) is 13.9 Å². The second kappa shape index (κ2) is 13.0. The minimum absolute atomic E-state index is 0.0722. The van der Waals surface area contributed by atoms with Crippen molar-refractivity contribution in [2.75, 3.05) is 30.8 Å². The van der Waals surface area contributed by atoms with Gasteiger partial charge in [0.15, 0.2) is 0 Å². The minimum Gasteiger partial charge on any atom is -0.495 e. The van der Waals surface area contributed by atoms with E-state index in [9.17, 15) is 18.0 Å². The number of sulfonamides is 1. The summed E-state index contributed by atoms with van der Waals surface area (Å²) in [6.45, 7) is 3.66. The fraction of sp³-hybridized carbons (Fsp3) is 0.417. The third-order valence-corrected chi connectivity index (χ3v) is 7.01. The van der Waals surface area contributed by atoms with Crippen LogP contribution in [0.25, 0.3) is 0 Å². The van der Waals surface area contributed by atoms with Crippen LogP contribution in [0.2, 0.25) is 10.0 Å². The molecule has 2 aromatic rings. The van der Waals surface area contributed by atoms with E-state index in [-0.39, 0.29) is 23.2 Å². The predicted octanol–water partition coefficient (Wildman–Crippen LogP) is 4.10. The average Bonchev–Trinajstić information content (AvgIpc) is 2.79. The molecule has 0 saturated carbocycles. The molecule has 192 valence electrons. The van der Waals surface area contributed by atoms with Gasteiger partial charge in [-0.1, -0.05) is 48.7 Å². The van der Waals surface area contributed by atoms with Crippen LogP contribution in [0.4, 0.5) is 5.69 Å². The van der Waals surface area contributed by atoms with Gasteiger partial charge in [-0.2, -0.15) is 0 Å². The molecule has 0 bridgehead atoms. The van der Waals surface area contributed by atoms with E-state index >= 15 is 0 Å². The number of carbonyl (C=O) groups excluding carboxylic acids is 2. The second-order valence-corrected chi connectivity index (χ2v) is 10.8.